The highest BCUT2D eigenvalue weighted by Crippen LogP contribution is 2.29. The quantitative estimate of drug-likeness (QED) is 0.788. The van der Waals surface area contributed by atoms with Crippen LogP contribution in [0.3, 0.4) is 0 Å². The van der Waals surface area contributed by atoms with Crippen LogP contribution in [0, 0.1) is 11.3 Å². The van der Waals surface area contributed by atoms with Gasteiger partial charge in [-0.2, -0.15) is 5.26 Å². The van der Waals surface area contributed by atoms with E-state index in [2.05, 4.69) is 11.4 Å². The smallest absolute Gasteiger partial charge is 0.102 e. The molecular weight excluding hydrogens is 200 g/mol. The van der Waals surface area contributed by atoms with Crippen LogP contribution in [0.2, 0.25) is 0 Å². The van der Waals surface area contributed by atoms with Crippen molar-refractivity contribution in [3.63, 3.8) is 0 Å². The molecule has 0 amide bonds. The molecule has 0 radical (unpaired) electrons. The Morgan fingerprint density at radius 2 is 2.38 bits per heavy atom. The van der Waals surface area contributed by atoms with Gasteiger partial charge in [0.1, 0.15) is 5.60 Å². The van der Waals surface area contributed by atoms with Gasteiger partial charge in [-0.1, -0.05) is 12.1 Å². The van der Waals surface area contributed by atoms with Crippen LogP contribution in [0.4, 0.5) is 0 Å². The zero-order valence-corrected chi connectivity index (χ0v) is 9.40. The first kappa shape index (κ1) is 11.1. The minimum absolute atomic E-state index is 0.0847. The highest BCUT2D eigenvalue weighted by Gasteiger charge is 2.35. The van der Waals surface area contributed by atoms with Crippen LogP contribution in [0.25, 0.3) is 0 Å². The fourth-order valence-corrected chi connectivity index (χ4v) is 2.27. The van der Waals surface area contributed by atoms with Crippen LogP contribution in [0.15, 0.2) is 24.3 Å². The predicted octanol–water partition coefficient (Wildman–Crippen LogP) is 1.52. The molecule has 1 aromatic rings. The van der Waals surface area contributed by atoms with Gasteiger partial charge in [0.05, 0.1) is 11.6 Å². The third kappa shape index (κ3) is 1.95. The standard InChI is InChI=1S/C13H16N2O/c1-13(16,12-6-3-7-15-12)11-5-2-4-10(8-11)9-14/h2,4-5,8,12,15-16H,3,6-7H2,1H3. The summed E-state index contributed by atoms with van der Waals surface area (Å²) in [4.78, 5) is 0. The lowest BCUT2D eigenvalue weighted by Gasteiger charge is -2.30. The summed E-state index contributed by atoms with van der Waals surface area (Å²) in [6.07, 6.45) is 2.07. The third-order valence-electron chi connectivity index (χ3n) is 3.31. The molecule has 2 N–H and O–H groups in total. The average Bonchev–Trinajstić information content (AvgIpc) is 2.83. The van der Waals surface area contributed by atoms with Gasteiger partial charge in [0.15, 0.2) is 0 Å². The van der Waals surface area contributed by atoms with Crippen molar-refractivity contribution in [1.82, 2.24) is 5.32 Å². The van der Waals surface area contributed by atoms with Gasteiger partial charge >= 0.3 is 0 Å². The number of benzene rings is 1. The van der Waals surface area contributed by atoms with E-state index in [1.54, 1.807) is 12.1 Å². The summed E-state index contributed by atoms with van der Waals surface area (Å²) in [6, 6.07) is 9.39. The largest absolute Gasteiger partial charge is 0.384 e. The molecule has 2 unspecified atom stereocenters. The van der Waals surface area contributed by atoms with E-state index in [1.165, 1.54) is 0 Å². The molecule has 16 heavy (non-hydrogen) atoms. The molecule has 0 spiro atoms. The molecule has 1 aliphatic rings. The molecular formula is C13H16N2O. The lowest BCUT2D eigenvalue weighted by molar-refractivity contribution is 0.0218. The van der Waals surface area contributed by atoms with Crippen LogP contribution in [-0.2, 0) is 5.60 Å². The van der Waals surface area contributed by atoms with E-state index in [4.69, 9.17) is 5.26 Å². The van der Waals surface area contributed by atoms with Crippen LogP contribution in [0.5, 0.6) is 0 Å². The molecule has 0 saturated carbocycles. The zero-order chi connectivity index (χ0) is 11.6. The Morgan fingerprint density at radius 3 is 3.00 bits per heavy atom. The molecule has 2 atom stereocenters. The van der Waals surface area contributed by atoms with Crippen molar-refractivity contribution in [2.75, 3.05) is 6.54 Å². The summed E-state index contributed by atoms with van der Waals surface area (Å²) in [6.45, 7) is 2.77. The summed E-state index contributed by atoms with van der Waals surface area (Å²) in [5.41, 5.74) is 0.505. The van der Waals surface area contributed by atoms with E-state index in [0.29, 0.717) is 5.56 Å². The van der Waals surface area contributed by atoms with Gasteiger partial charge in [-0.15, -0.1) is 0 Å². The fourth-order valence-electron chi connectivity index (χ4n) is 2.27. The second-order valence-corrected chi connectivity index (χ2v) is 4.49. The molecule has 3 heteroatoms. The highest BCUT2D eigenvalue weighted by molar-refractivity contribution is 5.36. The van der Waals surface area contributed by atoms with E-state index >= 15 is 0 Å². The average molecular weight is 216 g/mol. The lowest BCUT2D eigenvalue weighted by Crippen LogP contribution is -2.42. The van der Waals surface area contributed by atoms with Gasteiger partial charge in [0.2, 0.25) is 0 Å². The number of rotatable bonds is 2. The summed E-state index contributed by atoms with van der Waals surface area (Å²) in [7, 11) is 0. The van der Waals surface area contributed by atoms with Crippen molar-refractivity contribution in [3.8, 4) is 6.07 Å². The SMILES string of the molecule is CC(O)(c1cccc(C#N)c1)C1CCCN1. The van der Waals surface area contributed by atoms with E-state index < -0.39 is 5.60 Å². The molecule has 84 valence electrons. The van der Waals surface area contributed by atoms with Gasteiger partial charge in [-0.3, -0.25) is 0 Å². The third-order valence-corrected chi connectivity index (χ3v) is 3.31. The van der Waals surface area contributed by atoms with Gasteiger partial charge in [-0.25, -0.2) is 0 Å². The highest BCUT2D eigenvalue weighted by atomic mass is 16.3. The first-order valence-electron chi connectivity index (χ1n) is 5.61. The Morgan fingerprint density at radius 1 is 1.56 bits per heavy atom. The molecule has 1 fully saturated rings. The fraction of sp³-hybridized carbons (Fsp3) is 0.462. The van der Waals surface area contributed by atoms with Crippen LogP contribution >= 0.6 is 0 Å². The number of aliphatic hydroxyl groups is 1. The molecule has 1 saturated heterocycles. The molecule has 3 nitrogen and oxygen atoms in total. The van der Waals surface area contributed by atoms with Gasteiger partial charge in [0.25, 0.3) is 0 Å². The minimum atomic E-state index is -0.899. The van der Waals surface area contributed by atoms with Crippen LogP contribution in [-0.4, -0.2) is 17.7 Å². The first-order chi connectivity index (χ1) is 7.64. The summed E-state index contributed by atoms with van der Waals surface area (Å²) in [5, 5.41) is 22.7. The second-order valence-electron chi connectivity index (χ2n) is 4.49. The molecule has 1 aliphatic heterocycles. The predicted molar refractivity (Wildman–Crippen MR) is 61.8 cm³/mol. The Balaban J connectivity index is 2.30. The van der Waals surface area contributed by atoms with Crippen molar-refractivity contribution in [2.45, 2.75) is 31.4 Å². The molecule has 1 heterocycles. The normalized spacial score (nSPS) is 23.7. The molecule has 0 aromatic heterocycles. The lowest BCUT2D eigenvalue weighted by atomic mass is 9.86. The maximum absolute atomic E-state index is 10.5. The van der Waals surface area contributed by atoms with Gasteiger partial charge < -0.3 is 10.4 Å². The molecule has 0 bridgehead atoms. The van der Waals surface area contributed by atoms with Crippen molar-refractivity contribution in [3.05, 3.63) is 35.4 Å². The molecule has 2 rings (SSSR count). The Kier molecular flexibility index (Phi) is 2.95. The summed E-state index contributed by atoms with van der Waals surface area (Å²) < 4.78 is 0. The van der Waals surface area contributed by atoms with E-state index in [0.717, 1.165) is 24.9 Å². The van der Waals surface area contributed by atoms with E-state index in [1.807, 2.05) is 19.1 Å². The van der Waals surface area contributed by atoms with Gasteiger partial charge in [0, 0.05) is 6.04 Å². The van der Waals surface area contributed by atoms with Crippen molar-refractivity contribution in [1.29, 1.82) is 5.26 Å². The van der Waals surface area contributed by atoms with Gasteiger partial charge in [-0.05, 0) is 44.0 Å². The van der Waals surface area contributed by atoms with Crippen LogP contribution in [0.1, 0.15) is 30.9 Å². The summed E-state index contributed by atoms with van der Waals surface area (Å²) >= 11 is 0. The van der Waals surface area contributed by atoms with Crippen molar-refractivity contribution in [2.24, 2.45) is 0 Å². The van der Waals surface area contributed by atoms with E-state index in [9.17, 15) is 5.11 Å². The van der Waals surface area contributed by atoms with Crippen LogP contribution < -0.4 is 5.32 Å². The Hall–Kier alpha value is -1.37. The number of hydrogen-bond donors (Lipinski definition) is 2. The Labute approximate surface area is 95.7 Å². The topological polar surface area (TPSA) is 56.0 Å². The molecule has 0 aliphatic carbocycles. The molecule has 1 aromatic carbocycles. The second kappa shape index (κ2) is 4.25. The van der Waals surface area contributed by atoms with E-state index in [-0.39, 0.29) is 6.04 Å². The van der Waals surface area contributed by atoms with Crippen molar-refractivity contribution >= 4 is 0 Å². The number of nitrogens with one attached hydrogen (secondary N) is 1. The maximum atomic E-state index is 10.5. The monoisotopic (exact) mass is 216 g/mol. The zero-order valence-electron chi connectivity index (χ0n) is 9.40. The number of nitriles is 1. The first-order valence-corrected chi connectivity index (χ1v) is 5.61. The summed E-state index contributed by atoms with van der Waals surface area (Å²) in [5.74, 6) is 0. The van der Waals surface area contributed by atoms with Crippen molar-refractivity contribution < 1.29 is 5.11 Å². The minimum Gasteiger partial charge on any atom is -0.384 e. The maximum Gasteiger partial charge on any atom is 0.102 e. The number of hydrogen-bond acceptors (Lipinski definition) is 3. The Bertz CT molecular complexity index is 414. The number of nitrogens with zero attached hydrogens (tertiary/aromatic N) is 1.